The van der Waals surface area contributed by atoms with Crippen LogP contribution in [-0.2, 0) is 10.0 Å². The van der Waals surface area contributed by atoms with Crippen LogP contribution in [0.4, 0.5) is 0 Å². The minimum Gasteiger partial charge on any atom is -0.351 e. The van der Waals surface area contributed by atoms with Crippen LogP contribution in [0.5, 0.6) is 0 Å². The third-order valence-electron chi connectivity index (χ3n) is 2.60. The standard InChI is InChI=1S/C12H15N5O3S/c13-21(19,20)8-4-7-14-12(18)11-9-15-17(16-11)10-5-2-1-3-6-10/h1-3,5-6,9H,4,7-8H2,(H,14,18)(H2,13,19,20). The molecule has 1 heterocycles. The number of primary sulfonamides is 1. The van der Waals surface area contributed by atoms with Crippen molar-refractivity contribution < 1.29 is 13.2 Å². The molecule has 0 aliphatic carbocycles. The van der Waals surface area contributed by atoms with Crippen LogP contribution in [0.2, 0.25) is 0 Å². The quantitative estimate of drug-likeness (QED) is 0.708. The number of nitrogens with two attached hydrogens (primary N) is 1. The summed E-state index contributed by atoms with van der Waals surface area (Å²) in [4.78, 5) is 13.2. The Bertz CT molecular complexity index is 712. The Morgan fingerprint density at radius 2 is 2.00 bits per heavy atom. The monoisotopic (exact) mass is 309 g/mol. The normalized spacial score (nSPS) is 11.3. The number of benzene rings is 1. The summed E-state index contributed by atoms with van der Waals surface area (Å²) in [5.74, 6) is -0.587. The van der Waals surface area contributed by atoms with Gasteiger partial charge in [-0.1, -0.05) is 18.2 Å². The molecule has 0 bridgehead atoms. The maximum absolute atomic E-state index is 11.8. The number of carbonyl (C=O) groups excluding carboxylic acids is 1. The number of para-hydroxylation sites is 1. The number of hydrogen-bond acceptors (Lipinski definition) is 5. The highest BCUT2D eigenvalue weighted by molar-refractivity contribution is 7.89. The molecule has 0 spiro atoms. The molecule has 0 fully saturated rings. The molecule has 0 unspecified atom stereocenters. The van der Waals surface area contributed by atoms with Crippen molar-refractivity contribution in [3.05, 3.63) is 42.2 Å². The highest BCUT2D eigenvalue weighted by atomic mass is 32.2. The van der Waals surface area contributed by atoms with Crippen molar-refractivity contribution in [2.45, 2.75) is 6.42 Å². The lowest BCUT2D eigenvalue weighted by Gasteiger charge is -2.02. The number of nitrogens with one attached hydrogen (secondary N) is 1. The van der Waals surface area contributed by atoms with E-state index in [1.54, 1.807) is 0 Å². The second-order valence-corrected chi connectivity index (χ2v) is 6.07. The highest BCUT2D eigenvalue weighted by Crippen LogP contribution is 2.04. The third kappa shape index (κ3) is 4.65. The van der Waals surface area contributed by atoms with Gasteiger partial charge in [-0.15, -0.1) is 5.10 Å². The van der Waals surface area contributed by atoms with Crippen LogP contribution in [0, 0.1) is 0 Å². The molecule has 1 amide bonds. The van der Waals surface area contributed by atoms with E-state index in [0.717, 1.165) is 5.69 Å². The van der Waals surface area contributed by atoms with Gasteiger partial charge in [-0.3, -0.25) is 4.79 Å². The van der Waals surface area contributed by atoms with Crippen molar-refractivity contribution in [2.75, 3.05) is 12.3 Å². The number of hydrogen-bond donors (Lipinski definition) is 2. The van der Waals surface area contributed by atoms with E-state index >= 15 is 0 Å². The topological polar surface area (TPSA) is 120 Å². The third-order valence-corrected chi connectivity index (χ3v) is 3.46. The first-order valence-electron chi connectivity index (χ1n) is 6.22. The van der Waals surface area contributed by atoms with Crippen LogP contribution >= 0.6 is 0 Å². The number of carbonyl (C=O) groups is 1. The fourth-order valence-corrected chi connectivity index (χ4v) is 2.17. The lowest BCUT2D eigenvalue weighted by molar-refractivity contribution is 0.0948. The molecule has 2 aromatic rings. The summed E-state index contributed by atoms with van der Waals surface area (Å²) in [6, 6.07) is 9.17. The smallest absolute Gasteiger partial charge is 0.273 e. The number of amides is 1. The molecule has 0 radical (unpaired) electrons. The number of aromatic nitrogens is 3. The average molecular weight is 309 g/mol. The van der Waals surface area contributed by atoms with Crippen molar-refractivity contribution in [1.82, 2.24) is 20.3 Å². The van der Waals surface area contributed by atoms with Crippen molar-refractivity contribution in [3.8, 4) is 5.69 Å². The summed E-state index contributed by atoms with van der Waals surface area (Å²) in [7, 11) is -3.50. The molecule has 2 rings (SSSR count). The second-order valence-electron chi connectivity index (χ2n) is 4.33. The Kier molecular flexibility index (Phi) is 4.66. The van der Waals surface area contributed by atoms with Gasteiger partial charge in [-0.05, 0) is 18.6 Å². The average Bonchev–Trinajstić information content (AvgIpc) is 2.93. The van der Waals surface area contributed by atoms with E-state index in [2.05, 4.69) is 15.5 Å². The summed E-state index contributed by atoms with van der Waals surface area (Å²) in [6.07, 6.45) is 1.60. The van der Waals surface area contributed by atoms with Crippen molar-refractivity contribution in [1.29, 1.82) is 0 Å². The van der Waals surface area contributed by atoms with Crippen molar-refractivity contribution in [3.63, 3.8) is 0 Å². The van der Waals surface area contributed by atoms with Gasteiger partial charge < -0.3 is 5.32 Å². The Hall–Kier alpha value is -2.26. The first kappa shape index (κ1) is 15.1. The minimum absolute atomic E-state index is 0.162. The maximum Gasteiger partial charge on any atom is 0.273 e. The van der Waals surface area contributed by atoms with Crippen LogP contribution in [-0.4, -0.2) is 41.6 Å². The SMILES string of the molecule is NS(=O)(=O)CCCNC(=O)c1cnn(-c2ccccc2)n1. The van der Waals surface area contributed by atoms with Gasteiger partial charge >= 0.3 is 0 Å². The largest absolute Gasteiger partial charge is 0.351 e. The summed E-state index contributed by atoms with van der Waals surface area (Å²) in [5, 5.41) is 15.5. The molecule has 1 aromatic heterocycles. The molecule has 0 saturated heterocycles. The molecule has 8 nitrogen and oxygen atoms in total. The molecular weight excluding hydrogens is 294 g/mol. The van der Waals surface area contributed by atoms with Gasteiger partial charge in [0.05, 0.1) is 17.6 Å². The van der Waals surface area contributed by atoms with Gasteiger partial charge in [0.1, 0.15) is 0 Å². The van der Waals surface area contributed by atoms with E-state index < -0.39 is 15.9 Å². The highest BCUT2D eigenvalue weighted by Gasteiger charge is 2.11. The summed E-state index contributed by atoms with van der Waals surface area (Å²) >= 11 is 0. The van der Waals surface area contributed by atoms with Gasteiger partial charge in [0, 0.05) is 6.54 Å². The molecule has 112 valence electrons. The molecule has 0 aliphatic heterocycles. The summed E-state index contributed by atoms with van der Waals surface area (Å²) in [6.45, 7) is 0.202. The van der Waals surface area contributed by atoms with Gasteiger partial charge in [-0.2, -0.15) is 9.90 Å². The Balaban J connectivity index is 1.91. The van der Waals surface area contributed by atoms with E-state index in [-0.39, 0.29) is 24.4 Å². The van der Waals surface area contributed by atoms with Gasteiger partial charge in [0.2, 0.25) is 10.0 Å². The zero-order valence-corrected chi connectivity index (χ0v) is 12.0. The number of nitrogens with zero attached hydrogens (tertiary/aromatic N) is 3. The van der Waals surface area contributed by atoms with Gasteiger partial charge in [-0.25, -0.2) is 13.6 Å². The molecule has 0 atom stereocenters. The van der Waals surface area contributed by atoms with Crippen LogP contribution in [0.3, 0.4) is 0 Å². The van der Waals surface area contributed by atoms with E-state index in [0.29, 0.717) is 0 Å². The fraction of sp³-hybridized carbons (Fsp3) is 0.250. The first-order valence-corrected chi connectivity index (χ1v) is 7.94. The van der Waals surface area contributed by atoms with E-state index in [4.69, 9.17) is 5.14 Å². The van der Waals surface area contributed by atoms with Crippen LogP contribution in [0.15, 0.2) is 36.5 Å². The van der Waals surface area contributed by atoms with E-state index in [1.807, 2.05) is 30.3 Å². The maximum atomic E-state index is 11.8. The number of rotatable bonds is 6. The molecule has 3 N–H and O–H groups in total. The van der Waals surface area contributed by atoms with Crippen molar-refractivity contribution in [2.24, 2.45) is 5.14 Å². The van der Waals surface area contributed by atoms with Gasteiger partial charge in [0.15, 0.2) is 5.69 Å². The molecule has 1 aromatic carbocycles. The fourth-order valence-electron chi connectivity index (χ4n) is 1.62. The first-order chi connectivity index (χ1) is 9.96. The van der Waals surface area contributed by atoms with Crippen molar-refractivity contribution >= 4 is 15.9 Å². The lowest BCUT2D eigenvalue weighted by atomic mass is 10.3. The Labute approximate surface area is 122 Å². The molecule has 21 heavy (non-hydrogen) atoms. The predicted molar refractivity (Wildman–Crippen MR) is 76.3 cm³/mol. The summed E-state index contributed by atoms with van der Waals surface area (Å²) < 4.78 is 21.5. The minimum atomic E-state index is -3.50. The zero-order chi connectivity index (χ0) is 15.3. The van der Waals surface area contributed by atoms with Gasteiger partial charge in [0.25, 0.3) is 5.91 Å². The van der Waals surface area contributed by atoms with E-state index in [9.17, 15) is 13.2 Å². The zero-order valence-electron chi connectivity index (χ0n) is 11.1. The number of sulfonamides is 1. The second kappa shape index (κ2) is 6.46. The Morgan fingerprint density at radius 1 is 1.29 bits per heavy atom. The molecule has 0 aliphatic rings. The lowest BCUT2D eigenvalue weighted by Crippen LogP contribution is -2.27. The van der Waals surface area contributed by atoms with Crippen LogP contribution in [0.25, 0.3) is 5.69 Å². The summed E-state index contributed by atoms with van der Waals surface area (Å²) in [5.41, 5.74) is 0.903. The Morgan fingerprint density at radius 3 is 2.67 bits per heavy atom. The predicted octanol–water partition coefficient (Wildman–Crippen LogP) is -0.324. The van der Waals surface area contributed by atoms with Crippen LogP contribution in [0.1, 0.15) is 16.9 Å². The molecular formula is C12H15N5O3S. The van der Waals surface area contributed by atoms with Crippen LogP contribution < -0.4 is 10.5 Å². The molecule has 0 saturated carbocycles. The molecule has 9 heteroatoms. The van der Waals surface area contributed by atoms with E-state index in [1.165, 1.54) is 11.0 Å².